The maximum absolute atomic E-state index is 6.55. The first-order valence-electron chi connectivity index (χ1n) is 14.2. The van der Waals surface area contributed by atoms with Crippen LogP contribution in [0.15, 0.2) is 30.5 Å². The van der Waals surface area contributed by atoms with E-state index in [1.165, 1.54) is 11.1 Å². The first-order chi connectivity index (χ1) is 18.8. The molecule has 0 spiro atoms. The zero-order valence-electron chi connectivity index (χ0n) is 24.4. The SMILES string of the molecule is CC1(C)O[C@@H]2[C@H](O1)[C@@H](CO[Si](C)(C)C(C)(C)C)O[C@@H]2Cn1ncc2c(N[C@@H]3CCc4ccccc43)nc(Cl)nc21. The van der Waals surface area contributed by atoms with E-state index in [0.29, 0.717) is 24.6 Å². The molecule has 2 fully saturated rings. The Morgan fingerprint density at radius 1 is 1.12 bits per heavy atom. The number of ether oxygens (including phenoxy) is 3. The van der Waals surface area contributed by atoms with Crippen LogP contribution in [0.4, 0.5) is 5.82 Å². The summed E-state index contributed by atoms with van der Waals surface area (Å²) in [6.07, 6.45) is 2.86. The first-order valence-corrected chi connectivity index (χ1v) is 17.5. The van der Waals surface area contributed by atoms with Gasteiger partial charge in [-0.15, -0.1) is 0 Å². The Morgan fingerprint density at radius 3 is 2.60 bits per heavy atom. The van der Waals surface area contributed by atoms with Gasteiger partial charge in [0.15, 0.2) is 19.8 Å². The molecule has 1 aromatic carbocycles. The number of nitrogens with zero attached hydrogens (tertiary/aromatic N) is 4. The monoisotopic (exact) mass is 585 g/mol. The Kier molecular flexibility index (Phi) is 7.03. The van der Waals surface area contributed by atoms with E-state index in [9.17, 15) is 0 Å². The molecule has 6 rings (SSSR count). The van der Waals surface area contributed by atoms with E-state index in [1.54, 1.807) is 6.20 Å². The second-order valence-corrected chi connectivity index (χ2v) is 18.3. The number of benzene rings is 1. The fourth-order valence-electron chi connectivity index (χ4n) is 5.77. The van der Waals surface area contributed by atoms with Crippen LogP contribution in [0.3, 0.4) is 0 Å². The zero-order valence-corrected chi connectivity index (χ0v) is 26.2. The van der Waals surface area contributed by atoms with Gasteiger partial charge in [-0.05, 0) is 67.5 Å². The van der Waals surface area contributed by atoms with Crippen molar-refractivity contribution in [1.29, 1.82) is 0 Å². The van der Waals surface area contributed by atoms with Crippen molar-refractivity contribution in [1.82, 2.24) is 19.7 Å². The predicted molar refractivity (Wildman–Crippen MR) is 157 cm³/mol. The molecule has 4 heterocycles. The Balaban J connectivity index is 1.23. The molecule has 11 heteroatoms. The highest BCUT2D eigenvalue weighted by molar-refractivity contribution is 6.74. The van der Waals surface area contributed by atoms with Gasteiger partial charge in [0.1, 0.15) is 30.2 Å². The van der Waals surface area contributed by atoms with Crippen molar-refractivity contribution in [3.63, 3.8) is 0 Å². The van der Waals surface area contributed by atoms with Gasteiger partial charge in [0.25, 0.3) is 0 Å². The quantitative estimate of drug-likeness (QED) is 0.271. The fraction of sp³-hybridized carbons (Fsp3) is 0.621. The molecule has 9 nitrogen and oxygen atoms in total. The fourth-order valence-corrected chi connectivity index (χ4v) is 6.95. The van der Waals surface area contributed by atoms with E-state index in [0.717, 1.165) is 18.2 Å². The summed E-state index contributed by atoms with van der Waals surface area (Å²) in [5.41, 5.74) is 3.33. The minimum absolute atomic E-state index is 0.107. The standard InChI is InChI=1S/C29H40ClN5O4Si/c1-28(2,3)40(6,7)36-16-22-24-23(38-29(4,5)39-24)21(37-22)15-35-26-19(14-31-35)25(33-27(30)34-26)32-20-13-12-17-10-8-9-11-18(17)20/h8-11,14,20-24H,12-13,15-16H2,1-7H3,(H,32,33,34)/t20-,21-,22-,23+,24-/m1/s1. The molecule has 0 unspecified atom stereocenters. The number of halogens is 1. The lowest BCUT2D eigenvalue weighted by atomic mass is 10.1. The number of aryl methyl sites for hydroxylation is 1. The summed E-state index contributed by atoms with van der Waals surface area (Å²) in [6, 6.07) is 8.70. The molecule has 0 radical (unpaired) electrons. The molecule has 2 aliphatic heterocycles. The van der Waals surface area contributed by atoms with Crippen molar-refractivity contribution in [2.75, 3.05) is 11.9 Å². The van der Waals surface area contributed by atoms with Crippen molar-refractivity contribution in [3.05, 3.63) is 46.9 Å². The summed E-state index contributed by atoms with van der Waals surface area (Å²) in [6.45, 7) is 16.0. The molecule has 40 heavy (non-hydrogen) atoms. The first kappa shape index (κ1) is 28.1. The van der Waals surface area contributed by atoms with Gasteiger partial charge in [0.05, 0.1) is 30.8 Å². The molecule has 1 N–H and O–H groups in total. The van der Waals surface area contributed by atoms with E-state index in [-0.39, 0.29) is 40.8 Å². The molecule has 216 valence electrons. The van der Waals surface area contributed by atoms with Crippen LogP contribution in [0.1, 0.15) is 58.2 Å². The van der Waals surface area contributed by atoms with Crippen molar-refractivity contribution < 1.29 is 18.6 Å². The van der Waals surface area contributed by atoms with Gasteiger partial charge < -0.3 is 24.0 Å². The number of anilines is 1. The van der Waals surface area contributed by atoms with Crippen molar-refractivity contribution in [2.45, 2.75) is 108 Å². The Morgan fingerprint density at radius 2 is 1.85 bits per heavy atom. The number of aromatic nitrogens is 4. The molecular formula is C29H40ClN5O4Si. The molecular weight excluding hydrogens is 546 g/mol. The maximum atomic E-state index is 6.55. The summed E-state index contributed by atoms with van der Waals surface area (Å²) >= 11 is 6.43. The van der Waals surface area contributed by atoms with Crippen LogP contribution in [0, 0.1) is 0 Å². The van der Waals surface area contributed by atoms with Gasteiger partial charge in [0.2, 0.25) is 5.28 Å². The third kappa shape index (κ3) is 5.18. The molecule has 0 saturated carbocycles. The average molecular weight is 586 g/mol. The van der Waals surface area contributed by atoms with E-state index >= 15 is 0 Å². The van der Waals surface area contributed by atoms with Crippen LogP contribution in [0.2, 0.25) is 23.4 Å². The topological polar surface area (TPSA) is 92.5 Å². The van der Waals surface area contributed by atoms with Crippen LogP contribution in [-0.2, 0) is 31.6 Å². The Labute approximate surface area is 242 Å². The average Bonchev–Trinajstić information content (AvgIpc) is 3.61. The van der Waals surface area contributed by atoms with Gasteiger partial charge in [-0.1, -0.05) is 45.0 Å². The van der Waals surface area contributed by atoms with Gasteiger partial charge in [-0.3, -0.25) is 0 Å². The molecule has 3 aromatic rings. The van der Waals surface area contributed by atoms with E-state index in [4.69, 9.17) is 30.2 Å². The maximum Gasteiger partial charge on any atom is 0.226 e. The highest BCUT2D eigenvalue weighted by Gasteiger charge is 2.55. The summed E-state index contributed by atoms with van der Waals surface area (Å²) in [7, 11) is -1.96. The summed E-state index contributed by atoms with van der Waals surface area (Å²) < 4.78 is 27.6. The molecule has 2 saturated heterocycles. The van der Waals surface area contributed by atoms with Crippen LogP contribution >= 0.6 is 11.6 Å². The molecule has 0 bridgehead atoms. The highest BCUT2D eigenvalue weighted by atomic mass is 35.5. The minimum atomic E-state index is -1.96. The van der Waals surface area contributed by atoms with E-state index in [2.05, 4.69) is 78.5 Å². The van der Waals surface area contributed by atoms with Crippen LogP contribution < -0.4 is 5.32 Å². The van der Waals surface area contributed by atoms with Gasteiger partial charge in [-0.25, -0.2) is 4.68 Å². The third-order valence-electron chi connectivity index (χ3n) is 8.93. The molecule has 5 atom stereocenters. The van der Waals surface area contributed by atoms with Gasteiger partial charge in [-0.2, -0.15) is 15.1 Å². The number of rotatable bonds is 7. The van der Waals surface area contributed by atoms with E-state index in [1.807, 2.05) is 18.5 Å². The van der Waals surface area contributed by atoms with Gasteiger partial charge >= 0.3 is 0 Å². The number of hydrogen-bond donors (Lipinski definition) is 1. The largest absolute Gasteiger partial charge is 0.414 e. The predicted octanol–water partition coefficient (Wildman–Crippen LogP) is 5.89. The molecule has 3 aliphatic rings. The smallest absolute Gasteiger partial charge is 0.226 e. The minimum Gasteiger partial charge on any atom is -0.414 e. The van der Waals surface area contributed by atoms with Crippen molar-refractivity contribution in [3.8, 4) is 0 Å². The van der Waals surface area contributed by atoms with Crippen LogP contribution in [-0.4, -0.2) is 64.9 Å². The van der Waals surface area contributed by atoms with Crippen molar-refractivity contribution in [2.24, 2.45) is 0 Å². The number of hydrogen-bond acceptors (Lipinski definition) is 8. The summed E-state index contributed by atoms with van der Waals surface area (Å²) in [5.74, 6) is -0.00534. The second kappa shape index (κ2) is 10.0. The highest BCUT2D eigenvalue weighted by Crippen LogP contribution is 2.42. The number of nitrogens with one attached hydrogen (secondary N) is 1. The molecule has 1 aliphatic carbocycles. The number of fused-ring (bicyclic) bond motifs is 3. The van der Waals surface area contributed by atoms with Crippen molar-refractivity contribution >= 4 is 36.8 Å². The Bertz CT molecular complexity index is 1410. The lowest BCUT2D eigenvalue weighted by molar-refractivity contribution is -0.191. The zero-order chi connectivity index (χ0) is 28.4. The van der Waals surface area contributed by atoms with Gasteiger partial charge in [0, 0.05) is 0 Å². The molecule has 0 amide bonds. The van der Waals surface area contributed by atoms with Crippen LogP contribution in [0.25, 0.3) is 11.0 Å². The lowest BCUT2D eigenvalue weighted by Gasteiger charge is -2.37. The second-order valence-electron chi connectivity index (χ2n) is 13.2. The Hall–Kier alpha value is -2.08. The lowest BCUT2D eigenvalue weighted by Crippen LogP contribution is -2.44. The van der Waals surface area contributed by atoms with E-state index < -0.39 is 14.1 Å². The summed E-state index contributed by atoms with van der Waals surface area (Å²) in [4.78, 5) is 9.09. The normalized spacial score (nSPS) is 27.8. The van der Waals surface area contributed by atoms with Crippen LogP contribution in [0.5, 0.6) is 0 Å². The third-order valence-corrected chi connectivity index (χ3v) is 13.6. The molecule has 2 aromatic heterocycles. The summed E-state index contributed by atoms with van der Waals surface area (Å²) in [5, 5.41) is 9.40.